The van der Waals surface area contributed by atoms with Crippen LogP contribution in [-0.2, 0) is 14.3 Å². The summed E-state index contributed by atoms with van der Waals surface area (Å²) in [6.07, 6.45) is -1.17. The third kappa shape index (κ3) is 3.79. The van der Waals surface area contributed by atoms with Crippen LogP contribution in [0.15, 0.2) is 30.3 Å². The molecule has 0 spiro atoms. The van der Waals surface area contributed by atoms with Crippen molar-refractivity contribution >= 4 is 11.8 Å². The van der Waals surface area contributed by atoms with Gasteiger partial charge in [0.1, 0.15) is 6.61 Å². The molecule has 29 heavy (non-hydrogen) atoms. The minimum absolute atomic E-state index is 0.0571. The maximum absolute atomic E-state index is 13.5. The molecule has 2 N–H and O–H groups in total. The molecule has 0 radical (unpaired) electrons. The Kier molecular flexibility index (Phi) is 5.64. The van der Waals surface area contributed by atoms with Crippen molar-refractivity contribution in [2.24, 2.45) is 11.8 Å². The van der Waals surface area contributed by atoms with Crippen molar-refractivity contribution in [3.05, 3.63) is 35.9 Å². The van der Waals surface area contributed by atoms with Gasteiger partial charge >= 0.3 is 0 Å². The number of aliphatic hydroxyl groups excluding tert-OH is 2. The van der Waals surface area contributed by atoms with Crippen molar-refractivity contribution in [1.82, 2.24) is 9.80 Å². The van der Waals surface area contributed by atoms with Crippen LogP contribution < -0.4 is 0 Å². The van der Waals surface area contributed by atoms with Gasteiger partial charge < -0.3 is 24.7 Å². The fourth-order valence-corrected chi connectivity index (χ4v) is 5.20. The molecule has 3 aliphatic rings. The maximum atomic E-state index is 13.5. The van der Waals surface area contributed by atoms with E-state index in [1.807, 2.05) is 44.2 Å². The van der Waals surface area contributed by atoms with Gasteiger partial charge in [-0.25, -0.2) is 0 Å². The Bertz CT molecular complexity index is 737. The molecule has 2 aliphatic heterocycles. The Morgan fingerprint density at radius 1 is 1.07 bits per heavy atom. The number of carbonyl (C=O) groups is 2. The number of aliphatic hydroxyl groups is 2. The van der Waals surface area contributed by atoms with Crippen LogP contribution in [0.25, 0.3) is 0 Å². The maximum Gasteiger partial charge on any atom is 0.254 e. The molecule has 2 saturated heterocycles. The van der Waals surface area contributed by atoms with Gasteiger partial charge in [0.25, 0.3) is 5.91 Å². The number of rotatable bonds is 3. The summed E-state index contributed by atoms with van der Waals surface area (Å²) in [6, 6.07) is 9.05. The Morgan fingerprint density at radius 2 is 1.66 bits per heavy atom. The van der Waals surface area contributed by atoms with Crippen molar-refractivity contribution in [3.63, 3.8) is 0 Å². The van der Waals surface area contributed by atoms with E-state index in [1.165, 1.54) is 0 Å². The number of carbonyl (C=O) groups excluding carboxylic acids is 2. The number of nitrogens with zero attached hydrogens (tertiary/aromatic N) is 2. The number of likely N-dealkylation sites (tertiary alicyclic amines) is 1. The molecule has 1 aromatic carbocycles. The molecule has 4 rings (SSSR count). The predicted octanol–water partition coefficient (Wildman–Crippen LogP) is 0.954. The molecule has 1 saturated carbocycles. The fourth-order valence-electron chi connectivity index (χ4n) is 5.20. The zero-order chi connectivity index (χ0) is 20.7. The lowest BCUT2D eigenvalue weighted by molar-refractivity contribution is -0.171. The second kappa shape index (κ2) is 8.05. The minimum atomic E-state index is -0.757. The van der Waals surface area contributed by atoms with Crippen LogP contribution in [0.1, 0.15) is 38.3 Å². The summed E-state index contributed by atoms with van der Waals surface area (Å²) in [5.41, 5.74) is 0.884. The molecular formula is C22H30N2O5. The first kappa shape index (κ1) is 20.3. The Balaban J connectivity index is 1.59. The van der Waals surface area contributed by atoms with E-state index in [0.29, 0.717) is 25.9 Å². The highest BCUT2D eigenvalue weighted by atomic mass is 16.5. The SMILES string of the molecule is CC(C)N1C(=O)CO[C@H](C(=O)N2C[C@H]3C[C@H](O)[C@H](O)C[C@H]3C2)[C@H]1c1ccccc1. The lowest BCUT2D eigenvalue weighted by atomic mass is 9.79. The molecule has 6 atom stereocenters. The number of morpholine rings is 1. The van der Waals surface area contributed by atoms with E-state index in [9.17, 15) is 19.8 Å². The van der Waals surface area contributed by atoms with Crippen LogP contribution >= 0.6 is 0 Å². The molecule has 0 aromatic heterocycles. The van der Waals surface area contributed by atoms with E-state index in [0.717, 1.165) is 5.56 Å². The van der Waals surface area contributed by atoms with Gasteiger partial charge in [-0.05, 0) is 44.1 Å². The van der Waals surface area contributed by atoms with Crippen molar-refractivity contribution < 1.29 is 24.5 Å². The number of amides is 2. The number of hydrogen-bond donors (Lipinski definition) is 2. The second-order valence-corrected chi connectivity index (χ2v) is 8.85. The highest BCUT2D eigenvalue weighted by Crippen LogP contribution is 2.39. The lowest BCUT2D eigenvalue weighted by Gasteiger charge is -2.43. The molecule has 2 amide bonds. The summed E-state index contributed by atoms with van der Waals surface area (Å²) >= 11 is 0. The van der Waals surface area contributed by atoms with Gasteiger partial charge in [0, 0.05) is 19.1 Å². The van der Waals surface area contributed by atoms with Gasteiger partial charge in [-0.3, -0.25) is 9.59 Å². The molecule has 2 heterocycles. The highest BCUT2D eigenvalue weighted by molar-refractivity contribution is 5.87. The Labute approximate surface area is 171 Å². The Morgan fingerprint density at radius 3 is 2.21 bits per heavy atom. The molecule has 7 heteroatoms. The number of benzene rings is 1. The van der Waals surface area contributed by atoms with Gasteiger partial charge in [-0.15, -0.1) is 0 Å². The molecule has 0 unspecified atom stereocenters. The summed E-state index contributed by atoms with van der Waals surface area (Å²) in [5.74, 6) is 0.160. The van der Waals surface area contributed by atoms with Crippen molar-refractivity contribution in [2.75, 3.05) is 19.7 Å². The Hall–Kier alpha value is -1.96. The first-order chi connectivity index (χ1) is 13.9. The third-order valence-corrected chi connectivity index (χ3v) is 6.62. The standard InChI is InChI=1S/C22H30N2O5/c1-13(2)24-19(27)12-29-21(20(24)14-6-4-3-5-7-14)22(28)23-10-15-8-17(25)18(26)9-16(15)11-23/h3-7,13,15-18,20-21,25-26H,8-12H2,1-2H3/t15-,16+,17+,18-,20-,21+/m1/s1. The van der Waals surface area contributed by atoms with E-state index in [2.05, 4.69) is 0 Å². The average Bonchev–Trinajstić information content (AvgIpc) is 3.10. The van der Waals surface area contributed by atoms with Crippen LogP contribution in [-0.4, -0.2) is 75.9 Å². The topological polar surface area (TPSA) is 90.3 Å². The minimum Gasteiger partial charge on any atom is -0.390 e. The van der Waals surface area contributed by atoms with E-state index >= 15 is 0 Å². The second-order valence-electron chi connectivity index (χ2n) is 8.85. The molecule has 3 fully saturated rings. The molecule has 1 aliphatic carbocycles. The predicted molar refractivity (Wildman–Crippen MR) is 106 cm³/mol. The quantitative estimate of drug-likeness (QED) is 0.786. The first-order valence-corrected chi connectivity index (χ1v) is 10.5. The summed E-state index contributed by atoms with van der Waals surface area (Å²) in [4.78, 5) is 29.7. The van der Waals surface area contributed by atoms with E-state index < -0.39 is 24.4 Å². The smallest absolute Gasteiger partial charge is 0.254 e. The molecule has 158 valence electrons. The zero-order valence-corrected chi connectivity index (χ0v) is 17.0. The van der Waals surface area contributed by atoms with E-state index in [-0.39, 0.29) is 36.3 Å². The van der Waals surface area contributed by atoms with Crippen LogP contribution in [0, 0.1) is 11.8 Å². The number of fused-ring (bicyclic) bond motifs is 1. The lowest BCUT2D eigenvalue weighted by Crippen LogP contribution is -2.56. The summed E-state index contributed by atoms with van der Waals surface area (Å²) < 4.78 is 5.83. The monoisotopic (exact) mass is 402 g/mol. The van der Waals surface area contributed by atoms with Crippen LogP contribution in [0.3, 0.4) is 0 Å². The number of hydrogen-bond acceptors (Lipinski definition) is 5. The van der Waals surface area contributed by atoms with Gasteiger partial charge in [0.2, 0.25) is 5.91 Å². The largest absolute Gasteiger partial charge is 0.390 e. The highest BCUT2D eigenvalue weighted by Gasteiger charge is 2.48. The molecule has 7 nitrogen and oxygen atoms in total. The summed E-state index contributed by atoms with van der Waals surface area (Å²) in [6.45, 7) is 4.92. The van der Waals surface area contributed by atoms with E-state index in [4.69, 9.17) is 4.74 Å². The molecular weight excluding hydrogens is 372 g/mol. The summed E-state index contributed by atoms with van der Waals surface area (Å²) in [5, 5.41) is 20.0. The fraction of sp³-hybridized carbons (Fsp3) is 0.636. The van der Waals surface area contributed by atoms with Gasteiger partial charge in [-0.1, -0.05) is 30.3 Å². The van der Waals surface area contributed by atoms with Crippen molar-refractivity contribution in [1.29, 1.82) is 0 Å². The third-order valence-electron chi connectivity index (χ3n) is 6.62. The molecule has 0 bridgehead atoms. The first-order valence-electron chi connectivity index (χ1n) is 10.5. The average molecular weight is 402 g/mol. The van der Waals surface area contributed by atoms with Crippen molar-refractivity contribution in [3.8, 4) is 0 Å². The van der Waals surface area contributed by atoms with Crippen LogP contribution in [0.4, 0.5) is 0 Å². The van der Waals surface area contributed by atoms with Crippen molar-refractivity contribution in [2.45, 2.75) is 57.1 Å². The van der Waals surface area contributed by atoms with Crippen LogP contribution in [0.5, 0.6) is 0 Å². The summed E-state index contributed by atoms with van der Waals surface area (Å²) in [7, 11) is 0. The van der Waals surface area contributed by atoms with Gasteiger partial charge in [-0.2, -0.15) is 0 Å². The van der Waals surface area contributed by atoms with E-state index in [1.54, 1.807) is 9.80 Å². The van der Waals surface area contributed by atoms with Gasteiger partial charge in [0.15, 0.2) is 6.10 Å². The number of ether oxygens (including phenoxy) is 1. The van der Waals surface area contributed by atoms with Gasteiger partial charge in [0.05, 0.1) is 18.2 Å². The molecule has 1 aromatic rings. The van der Waals surface area contributed by atoms with Crippen LogP contribution in [0.2, 0.25) is 0 Å². The zero-order valence-electron chi connectivity index (χ0n) is 17.0. The normalized spacial score (nSPS) is 35.1.